The number of carbonyl (C=O) groups is 1. The van der Waals surface area contributed by atoms with Gasteiger partial charge in [0, 0.05) is 35.1 Å². The summed E-state index contributed by atoms with van der Waals surface area (Å²) in [6, 6.07) is 10.2. The van der Waals surface area contributed by atoms with Crippen molar-refractivity contribution < 1.29 is 9.90 Å². The summed E-state index contributed by atoms with van der Waals surface area (Å²) in [7, 11) is 0. The summed E-state index contributed by atoms with van der Waals surface area (Å²) in [5.41, 5.74) is 0. The van der Waals surface area contributed by atoms with E-state index in [1.165, 1.54) is 0 Å². The maximum Gasteiger partial charge on any atom is 0.221 e. The molecule has 27 heavy (non-hydrogen) atoms. The Balaban J connectivity index is 0.00000364. The van der Waals surface area contributed by atoms with Crippen LogP contribution in [-0.4, -0.2) is 42.6 Å². The van der Waals surface area contributed by atoms with E-state index in [4.69, 9.17) is 0 Å². The number of benzene rings is 1. The molecule has 0 aliphatic rings. The number of aliphatic hydroxyl groups excluding tert-OH is 1. The van der Waals surface area contributed by atoms with Gasteiger partial charge in [-0.1, -0.05) is 18.2 Å². The first-order chi connectivity index (χ1) is 12.5. The van der Waals surface area contributed by atoms with Crippen LogP contribution in [0.25, 0.3) is 10.1 Å². The number of carbonyl (C=O) groups excluding carboxylic acids is 1. The zero-order chi connectivity index (χ0) is 18.9. The molecular weight excluding hydrogens is 475 g/mol. The van der Waals surface area contributed by atoms with Crippen LogP contribution in [0.1, 0.15) is 38.2 Å². The lowest BCUT2D eigenvalue weighted by molar-refractivity contribution is -0.121. The lowest BCUT2D eigenvalue weighted by Crippen LogP contribution is -2.40. The average molecular weight is 504 g/mol. The van der Waals surface area contributed by atoms with Crippen molar-refractivity contribution in [3.8, 4) is 0 Å². The minimum atomic E-state index is -0.646. The first-order valence-electron chi connectivity index (χ1n) is 8.97. The van der Waals surface area contributed by atoms with E-state index in [1.807, 2.05) is 51.1 Å². The van der Waals surface area contributed by atoms with Gasteiger partial charge in [0.25, 0.3) is 0 Å². The van der Waals surface area contributed by atoms with E-state index in [1.54, 1.807) is 11.3 Å². The highest BCUT2D eigenvalue weighted by atomic mass is 127. The first-order valence-corrected chi connectivity index (χ1v) is 9.79. The van der Waals surface area contributed by atoms with Gasteiger partial charge < -0.3 is 21.1 Å². The molecule has 2 aromatic rings. The van der Waals surface area contributed by atoms with Gasteiger partial charge in [-0.3, -0.25) is 9.79 Å². The van der Waals surface area contributed by atoms with Gasteiger partial charge in [0.1, 0.15) is 6.10 Å². The van der Waals surface area contributed by atoms with Crippen LogP contribution in [0.2, 0.25) is 0 Å². The van der Waals surface area contributed by atoms with Crippen molar-refractivity contribution in [1.29, 1.82) is 0 Å². The second-order valence-corrected chi connectivity index (χ2v) is 7.44. The Bertz CT molecular complexity index is 715. The van der Waals surface area contributed by atoms with E-state index in [2.05, 4.69) is 20.9 Å². The van der Waals surface area contributed by atoms with Crippen LogP contribution >= 0.6 is 35.3 Å². The van der Waals surface area contributed by atoms with Crippen LogP contribution in [0.3, 0.4) is 0 Å². The number of hydrogen-bond acceptors (Lipinski definition) is 4. The van der Waals surface area contributed by atoms with E-state index in [-0.39, 0.29) is 42.5 Å². The Hall–Kier alpha value is -1.39. The van der Waals surface area contributed by atoms with Crippen molar-refractivity contribution in [2.45, 2.75) is 39.3 Å². The number of nitrogens with one attached hydrogen (secondary N) is 3. The van der Waals surface area contributed by atoms with Gasteiger partial charge in [-0.05, 0) is 38.3 Å². The van der Waals surface area contributed by atoms with Crippen molar-refractivity contribution in [3.05, 3.63) is 35.2 Å². The molecular formula is C19H29IN4O2S. The smallest absolute Gasteiger partial charge is 0.221 e. The van der Waals surface area contributed by atoms with E-state index < -0.39 is 6.10 Å². The molecule has 0 fully saturated rings. The van der Waals surface area contributed by atoms with Gasteiger partial charge in [0.15, 0.2) is 5.96 Å². The zero-order valence-corrected chi connectivity index (χ0v) is 19.1. The molecule has 2 rings (SSSR count). The number of hydrogen-bond donors (Lipinski definition) is 4. The highest BCUT2D eigenvalue weighted by molar-refractivity contribution is 14.0. The summed E-state index contributed by atoms with van der Waals surface area (Å²) >= 11 is 1.58. The largest absolute Gasteiger partial charge is 0.386 e. The van der Waals surface area contributed by atoms with Gasteiger partial charge in [0.05, 0.1) is 6.54 Å². The molecule has 1 amide bonds. The second kappa shape index (κ2) is 12.1. The third-order valence-corrected chi connectivity index (χ3v) is 4.85. The van der Waals surface area contributed by atoms with Crippen LogP contribution in [0.4, 0.5) is 0 Å². The highest BCUT2D eigenvalue weighted by Gasteiger charge is 2.11. The minimum absolute atomic E-state index is 0. The van der Waals surface area contributed by atoms with E-state index in [0.717, 1.165) is 15.0 Å². The van der Waals surface area contributed by atoms with Gasteiger partial charge >= 0.3 is 0 Å². The van der Waals surface area contributed by atoms with Gasteiger partial charge in [-0.2, -0.15) is 0 Å². The average Bonchev–Trinajstić information content (AvgIpc) is 3.03. The van der Waals surface area contributed by atoms with Crippen LogP contribution in [0.15, 0.2) is 35.3 Å². The standard InChI is InChI=1S/C19H28N4O2S.HI/c1-4-20-19(21-10-9-18(25)23-13(2)3)22-12-15(24)17-11-14-7-5-6-8-16(14)26-17;/h5-8,11,13,15,24H,4,9-10,12H2,1-3H3,(H,23,25)(H2,20,21,22);1H. The van der Waals surface area contributed by atoms with Crippen LogP contribution in [0.5, 0.6) is 0 Å². The lowest BCUT2D eigenvalue weighted by atomic mass is 10.2. The molecule has 0 bridgehead atoms. The van der Waals surface area contributed by atoms with Crippen molar-refractivity contribution in [2.24, 2.45) is 4.99 Å². The molecule has 150 valence electrons. The maximum absolute atomic E-state index is 11.7. The van der Waals surface area contributed by atoms with Gasteiger partial charge in [0.2, 0.25) is 5.91 Å². The summed E-state index contributed by atoms with van der Waals surface area (Å²) in [6.07, 6.45) is -0.270. The number of halogens is 1. The minimum Gasteiger partial charge on any atom is -0.386 e. The molecule has 1 aromatic carbocycles. The van der Waals surface area contributed by atoms with Crippen molar-refractivity contribution >= 4 is 57.3 Å². The maximum atomic E-state index is 11.7. The van der Waals surface area contributed by atoms with Crippen LogP contribution in [0, 0.1) is 0 Å². The first kappa shape index (κ1) is 23.6. The van der Waals surface area contributed by atoms with E-state index in [9.17, 15) is 9.90 Å². The number of amides is 1. The Morgan fingerprint density at radius 1 is 1.26 bits per heavy atom. The van der Waals surface area contributed by atoms with Crippen molar-refractivity contribution in [1.82, 2.24) is 16.0 Å². The monoisotopic (exact) mass is 504 g/mol. The summed E-state index contributed by atoms with van der Waals surface area (Å²) < 4.78 is 1.16. The molecule has 8 heteroatoms. The van der Waals surface area contributed by atoms with E-state index in [0.29, 0.717) is 25.5 Å². The number of guanidine groups is 1. The number of aliphatic hydroxyl groups is 1. The third-order valence-electron chi connectivity index (χ3n) is 3.63. The number of fused-ring (bicyclic) bond motifs is 1. The highest BCUT2D eigenvalue weighted by Crippen LogP contribution is 2.29. The Kier molecular flexibility index (Phi) is 10.6. The second-order valence-electron chi connectivity index (χ2n) is 6.32. The van der Waals surface area contributed by atoms with Gasteiger partial charge in [-0.15, -0.1) is 35.3 Å². The Labute approximate surface area is 181 Å². The molecule has 1 aromatic heterocycles. The zero-order valence-electron chi connectivity index (χ0n) is 16.0. The predicted molar refractivity (Wildman–Crippen MR) is 124 cm³/mol. The molecule has 1 heterocycles. The SMILES string of the molecule is CCNC(=NCC(O)c1cc2ccccc2s1)NCCC(=O)NC(C)C.I. The summed E-state index contributed by atoms with van der Waals surface area (Å²) in [5.74, 6) is 0.610. The summed E-state index contributed by atoms with van der Waals surface area (Å²) in [6.45, 7) is 7.32. The molecule has 0 aliphatic heterocycles. The van der Waals surface area contributed by atoms with Gasteiger partial charge in [-0.25, -0.2) is 0 Å². The third kappa shape index (κ3) is 8.02. The van der Waals surface area contributed by atoms with Crippen LogP contribution < -0.4 is 16.0 Å². The molecule has 1 unspecified atom stereocenters. The number of rotatable bonds is 8. The Morgan fingerprint density at radius 2 is 2.00 bits per heavy atom. The number of aliphatic imine (C=N–C) groups is 1. The lowest BCUT2D eigenvalue weighted by Gasteiger charge is -2.13. The molecule has 0 spiro atoms. The van der Waals surface area contributed by atoms with E-state index >= 15 is 0 Å². The fourth-order valence-electron chi connectivity index (χ4n) is 2.46. The molecule has 0 saturated carbocycles. The van der Waals surface area contributed by atoms with Crippen LogP contribution in [-0.2, 0) is 4.79 Å². The number of nitrogens with zero attached hydrogens (tertiary/aromatic N) is 1. The molecule has 4 N–H and O–H groups in total. The quantitative estimate of drug-likeness (QED) is 0.253. The topological polar surface area (TPSA) is 85.8 Å². The predicted octanol–water partition coefficient (Wildman–Crippen LogP) is 3.02. The molecule has 6 nitrogen and oxygen atoms in total. The molecule has 0 radical (unpaired) electrons. The fourth-order valence-corrected chi connectivity index (χ4v) is 3.51. The fraction of sp³-hybridized carbons (Fsp3) is 0.474. The van der Waals surface area contributed by atoms with Crippen molar-refractivity contribution in [3.63, 3.8) is 0 Å². The van der Waals surface area contributed by atoms with Crippen molar-refractivity contribution in [2.75, 3.05) is 19.6 Å². The molecule has 1 atom stereocenters. The summed E-state index contributed by atoms with van der Waals surface area (Å²) in [4.78, 5) is 17.0. The molecule has 0 saturated heterocycles. The summed E-state index contributed by atoms with van der Waals surface area (Å²) in [5, 5.41) is 20.7. The normalized spacial score (nSPS) is 12.6. The number of thiophene rings is 1. The molecule has 0 aliphatic carbocycles. The Morgan fingerprint density at radius 3 is 2.67 bits per heavy atom.